The summed E-state index contributed by atoms with van der Waals surface area (Å²) in [6, 6.07) is 0.0986. The Hall–Kier alpha value is -1.65. The van der Waals surface area contributed by atoms with Gasteiger partial charge in [-0.2, -0.15) is 5.10 Å². The van der Waals surface area contributed by atoms with Gasteiger partial charge in [0.15, 0.2) is 5.78 Å². The molecule has 5 heteroatoms. The van der Waals surface area contributed by atoms with Gasteiger partial charge in [0.2, 0.25) is 5.91 Å². The maximum absolute atomic E-state index is 12.8. The van der Waals surface area contributed by atoms with Crippen molar-refractivity contribution in [3.05, 3.63) is 18.0 Å². The van der Waals surface area contributed by atoms with Gasteiger partial charge in [0, 0.05) is 38.2 Å². The van der Waals surface area contributed by atoms with E-state index >= 15 is 0 Å². The van der Waals surface area contributed by atoms with Gasteiger partial charge in [0.1, 0.15) is 0 Å². The summed E-state index contributed by atoms with van der Waals surface area (Å²) in [5.74, 6) is 2.03. The summed E-state index contributed by atoms with van der Waals surface area (Å²) in [6.45, 7) is 0.833. The zero-order valence-corrected chi connectivity index (χ0v) is 13.1. The summed E-state index contributed by atoms with van der Waals surface area (Å²) in [5, 5.41) is 4.06. The minimum Gasteiger partial charge on any atom is -0.339 e. The first-order valence-electron chi connectivity index (χ1n) is 8.47. The lowest BCUT2D eigenvalue weighted by atomic mass is 10.0. The number of carbonyl (C=O) groups excluding carboxylic acids is 2. The topological polar surface area (TPSA) is 55.2 Å². The smallest absolute Gasteiger partial charge is 0.226 e. The third-order valence-electron chi connectivity index (χ3n) is 5.80. The van der Waals surface area contributed by atoms with Crippen LogP contribution in [0.2, 0.25) is 0 Å². The Bertz CT molecular complexity index is 599. The number of Topliss-reactive ketones (excluding diaryl/α,β-unsaturated/α-hetero) is 1. The fraction of sp³-hybridized carbons (Fsp3) is 0.706. The van der Waals surface area contributed by atoms with Crippen LogP contribution in [0.1, 0.15) is 48.9 Å². The summed E-state index contributed by atoms with van der Waals surface area (Å²) in [7, 11) is 1.81. The minimum absolute atomic E-state index is 0.0986. The number of hydrogen-bond donors (Lipinski definition) is 0. The molecule has 0 unspecified atom stereocenters. The van der Waals surface area contributed by atoms with Gasteiger partial charge in [-0.3, -0.25) is 14.3 Å². The van der Waals surface area contributed by atoms with E-state index in [9.17, 15) is 9.59 Å². The molecule has 2 saturated carbocycles. The number of aryl methyl sites for hydroxylation is 1. The fourth-order valence-electron chi connectivity index (χ4n) is 4.61. The molecule has 1 aliphatic heterocycles. The molecule has 0 aromatic carbocycles. The molecule has 0 spiro atoms. The largest absolute Gasteiger partial charge is 0.339 e. The molecular weight excluding hydrogens is 278 g/mol. The first kappa shape index (κ1) is 14.0. The predicted molar refractivity (Wildman–Crippen MR) is 81.2 cm³/mol. The lowest BCUT2D eigenvalue weighted by molar-refractivity contribution is -0.134. The van der Waals surface area contributed by atoms with Crippen LogP contribution in [0.5, 0.6) is 0 Å². The van der Waals surface area contributed by atoms with Crippen molar-refractivity contribution in [1.82, 2.24) is 14.7 Å². The van der Waals surface area contributed by atoms with Crippen molar-refractivity contribution >= 4 is 11.7 Å². The molecule has 0 radical (unpaired) electrons. The molecule has 1 aromatic heterocycles. The van der Waals surface area contributed by atoms with E-state index < -0.39 is 0 Å². The van der Waals surface area contributed by atoms with Crippen LogP contribution in [0.3, 0.4) is 0 Å². The van der Waals surface area contributed by atoms with Crippen LogP contribution in [-0.4, -0.2) is 39.0 Å². The van der Waals surface area contributed by atoms with Gasteiger partial charge < -0.3 is 4.90 Å². The number of hydrogen-bond acceptors (Lipinski definition) is 3. The Labute approximate surface area is 130 Å². The zero-order chi connectivity index (χ0) is 15.3. The van der Waals surface area contributed by atoms with Crippen LogP contribution >= 0.6 is 0 Å². The molecule has 1 amide bonds. The van der Waals surface area contributed by atoms with Crippen LogP contribution in [-0.2, 0) is 11.8 Å². The molecule has 0 N–H and O–H groups in total. The second-order valence-corrected chi connectivity index (χ2v) is 7.14. The quantitative estimate of drug-likeness (QED) is 0.800. The average molecular weight is 301 g/mol. The van der Waals surface area contributed by atoms with Crippen molar-refractivity contribution in [2.45, 2.75) is 44.6 Å². The monoisotopic (exact) mass is 301 g/mol. The van der Waals surface area contributed by atoms with Crippen LogP contribution in [0.25, 0.3) is 0 Å². The van der Waals surface area contributed by atoms with Gasteiger partial charge in [-0.25, -0.2) is 0 Å². The molecule has 1 saturated heterocycles. The van der Waals surface area contributed by atoms with E-state index in [4.69, 9.17) is 0 Å². The molecule has 3 aliphatic rings. The molecule has 4 rings (SSSR count). The molecular formula is C17H23N3O2. The van der Waals surface area contributed by atoms with Crippen molar-refractivity contribution in [3.63, 3.8) is 0 Å². The second kappa shape index (κ2) is 5.21. The van der Waals surface area contributed by atoms with E-state index in [1.807, 2.05) is 11.9 Å². The number of carbonyl (C=O) groups is 2. The first-order valence-corrected chi connectivity index (χ1v) is 8.47. The summed E-state index contributed by atoms with van der Waals surface area (Å²) in [6.07, 6.45) is 9.56. The Morgan fingerprint density at radius 1 is 1.23 bits per heavy atom. The first-order chi connectivity index (χ1) is 10.6. The van der Waals surface area contributed by atoms with Crippen molar-refractivity contribution < 1.29 is 9.59 Å². The molecule has 3 fully saturated rings. The van der Waals surface area contributed by atoms with Crippen molar-refractivity contribution in [2.24, 2.45) is 24.8 Å². The van der Waals surface area contributed by atoms with Crippen LogP contribution in [0.15, 0.2) is 12.4 Å². The van der Waals surface area contributed by atoms with Crippen LogP contribution in [0.4, 0.5) is 0 Å². The molecule has 3 atom stereocenters. The van der Waals surface area contributed by atoms with Crippen LogP contribution in [0, 0.1) is 17.8 Å². The number of rotatable bonds is 4. The molecule has 0 bridgehead atoms. The number of ketones is 1. The van der Waals surface area contributed by atoms with E-state index in [1.165, 1.54) is 19.3 Å². The second-order valence-electron chi connectivity index (χ2n) is 7.14. The van der Waals surface area contributed by atoms with Gasteiger partial charge >= 0.3 is 0 Å². The molecule has 118 valence electrons. The maximum atomic E-state index is 12.8. The zero-order valence-electron chi connectivity index (χ0n) is 13.1. The van der Waals surface area contributed by atoms with Crippen molar-refractivity contribution in [1.29, 1.82) is 0 Å². The SMILES string of the molecule is Cn1cc(C(=O)C[C@@H]2CCCN2C(=O)C2[C@H]3CCC[C@H]23)cn1. The maximum Gasteiger partial charge on any atom is 0.226 e. The summed E-state index contributed by atoms with van der Waals surface area (Å²) in [4.78, 5) is 27.1. The molecule has 2 heterocycles. The highest BCUT2D eigenvalue weighted by molar-refractivity contribution is 5.96. The van der Waals surface area contributed by atoms with E-state index in [0.29, 0.717) is 29.7 Å². The van der Waals surface area contributed by atoms with Gasteiger partial charge in [-0.05, 0) is 37.5 Å². The van der Waals surface area contributed by atoms with Gasteiger partial charge in [0.25, 0.3) is 0 Å². The Kier molecular flexibility index (Phi) is 3.31. The standard InChI is InChI=1S/C17H23N3O2/c1-19-10-11(9-18-19)15(21)8-12-4-3-7-20(12)17(22)16-13-5-2-6-14(13)16/h9-10,12-14,16H,2-8H2,1H3/t12-,13-,14-/m0/s1. The third kappa shape index (κ3) is 2.27. The van der Waals surface area contributed by atoms with Gasteiger partial charge in [-0.15, -0.1) is 0 Å². The number of likely N-dealkylation sites (tertiary alicyclic amines) is 1. The fourth-order valence-corrected chi connectivity index (χ4v) is 4.61. The highest BCUT2D eigenvalue weighted by Crippen LogP contribution is 2.58. The predicted octanol–water partition coefficient (Wildman–Crippen LogP) is 2.03. The third-order valence-corrected chi connectivity index (χ3v) is 5.80. The summed E-state index contributed by atoms with van der Waals surface area (Å²) >= 11 is 0. The lowest BCUT2D eigenvalue weighted by Gasteiger charge is -2.25. The van der Waals surface area contributed by atoms with Crippen molar-refractivity contribution in [3.8, 4) is 0 Å². The minimum atomic E-state index is 0.0986. The Morgan fingerprint density at radius 3 is 2.68 bits per heavy atom. The van der Waals surface area contributed by atoms with E-state index in [0.717, 1.165) is 19.4 Å². The molecule has 2 aliphatic carbocycles. The number of amides is 1. The van der Waals surface area contributed by atoms with Gasteiger partial charge in [0.05, 0.1) is 11.8 Å². The average Bonchev–Trinajstić information content (AvgIpc) is 2.97. The van der Waals surface area contributed by atoms with E-state index in [1.54, 1.807) is 17.1 Å². The Morgan fingerprint density at radius 2 is 2.00 bits per heavy atom. The van der Waals surface area contributed by atoms with Crippen LogP contribution < -0.4 is 0 Å². The number of aromatic nitrogens is 2. The molecule has 5 nitrogen and oxygen atoms in total. The summed E-state index contributed by atoms with van der Waals surface area (Å²) in [5.41, 5.74) is 0.657. The normalized spacial score (nSPS) is 33.0. The number of nitrogens with zero attached hydrogens (tertiary/aromatic N) is 3. The molecule has 1 aromatic rings. The van der Waals surface area contributed by atoms with Gasteiger partial charge in [-0.1, -0.05) is 6.42 Å². The lowest BCUT2D eigenvalue weighted by Crippen LogP contribution is -2.38. The Balaban J connectivity index is 1.41. The summed E-state index contributed by atoms with van der Waals surface area (Å²) < 4.78 is 1.65. The number of fused-ring (bicyclic) bond motifs is 1. The highest BCUT2D eigenvalue weighted by Gasteiger charge is 2.58. The van der Waals surface area contributed by atoms with E-state index in [2.05, 4.69) is 5.10 Å². The van der Waals surface area contributed by atoms with E-state index in [-0.39, 0.29) is 17.7 Å². The molecule has 22 heavy (non-hydrogen) atoms. The van der Waals surface area contributed by atoms with Crippen molar-refractivity contribution in [2.75, 3.05) is 6.54 Å². The highest BCUT2D eigenvalue weighted by atomic mass is 16.2.